The maximum Gasteiger partial charge on any atom is 0.254 e. The first-order chi connectivity index (χ1) is 21.4. The van der Waals surface area contributed by atoms with Gasteiger partial charge in [0, 0.05) is 44.0 Å². The Morgan fingerprint density at radius 3 is 2.70 bits per heavy atom. The van der Waals surface area contributed by atoms with E-state index in [1.54, 1.807) is 6.07 Å². The highest BCUT2D eigenvalue weighted by atomic mass is 19.1. The van der Waals surface area contributed by atoms with Crippen molar-refractivity contribution in [3.05, 3.63) is 94.8 Å². The highest BCUT2D eigenvalue weighted by molar-refractivity contribution is 5.99. The second-order valence-corrected chi connectivity index (χ2v) is 12.1. The lowest BCUT2D eigenvalue weighted by Gasteiger charge is -2.40. The van der Waals surface area contributed by atoms with Crippen molar-refractivity contribution in [2.75, 3.05) is 31.2 Å². The molecule has 0 unspecified atom stereocenters. The zero-order chi connectivity index (χ0) is 30.7. The van der Waals surface area contributed by atoms with Gasteiger partial charge in [-0.05, 0) is 48.6 Å². The summed E-state index contributed by atoms with van der Waals surface area (Å²) < 4.78 is 27.8. The normalized spacial score (nSPS) is 22.5. The molecule has 4 atom stereocenters. The molecule has 2 amide bonds. The molecular weight excluding hydrogens is 561 g/mol. The lowest BCUT2D eigenvalue weighted by Crippen LogP contribution is -2.51. The number of carbonyl (C=O) groups excluding carboxylic acids is 2. The van der Waals surface area contributed by atoms with Crippen molar-refractivity contribution in [1.82, 2.24) is 10.6 Å². The van der Waals surface area contributed by atoms with Crippen LogP contribution < -0.4 is 20.3 Å². The summed E-state index contributed by atoms with van der Waals surface area (Å²) >= 11 is 0. The fourth-order valence-electron chi connectivity index (χ4n) is 6.56. The first-order valence-electron chi connectivity index (χ1n) is 15.6. The number of nitrogens with one attached hydrogen (secondary N) is 2. The molecule has 0 aromatic heterocycles. The van der Waals surface area contributed by atoms with Crippen molar-refractivity contribution in [3.63, 3.8) is 0 Å². The van der Waals surface area contributed by atoms with Gasteiger partial charge in [0.15, 0.2) is 5.82 Å². The van der Waals surface area contributed by atoms with E-state index in [4.69, 9.17) is 9.47 Å². The molecule has 8 nitrogen and oxygen atoms in total. The average molecular weight is 602 g/mol. The van der Waals surface area contributed by atoms with Gasteiger partial charge in [-0.15, -0.1) is 0 Å². The zero-order valence-corrected chi connectivity index (χ0v) is 25.1. The van der Waals surface area contributed by atoms with E-state index in [0.29, 0.717) is 45.4 Å². The predicted molar refractivity (Wildman–Crippen MR) is 165 cm³/mol. The average Bonchev–Trinajstić information content (AvgIpc) is 3.68. The molecule has 232 valence electrons. The monoisotopic (exact) mass is 601 g/mol. The van der Waals surface area contributed by atoms with Crippen LogP contribution in [-0.2, 0) is 22.4 Å². The Kier molecular flexibility index (Phi) is 8.98. The smallest absolute Gasteiger partial charge is 0.254 e. The van der Waals surface area contributed by atoms with E-state index in [1.807, 2.05) is 36.4 Å². The van der Waals surface area contributed by atoms with Gasteiger partial charge in [-0.1, -0.05) is 55.5 Å². The number of aryl methyl sites for hydroxylation is 1. The standard InChI is InChI=1S/C35H40FN3O5/c1-2-23-13-14-31-26(18-23)28(20-35(44-31)15-17-43-22-35)37-21-30(40)27(19-24-8-4-3-5-9-24)38-34(42)25-10-6-11-29(33(25)36)39-16-7-12-32(39)41/h3-6,8-11,13-14,18,27-28,30,37,40H,2,7,12,15-17,19-22H2,1H3,(H,38,42)/t27-,28-,30+,35-/m0/s1. The van der Waals surface area contributed by atoms with Gasteiger partial charge in [-0.3, -0.25) is 9.59 Å². The lowest BCUT2D eigenvalue weighted by atomic mass is 9.85. The molecule has 3 aliphatic heterocycles. The van der Waals surface area contributed by atoms with E-state index in [2.05, 4.69) is 29.7 Å². The molecule has 3 aliphatic rings. The van der Waals surface area contributed by atoms with Gasteiger partial charge in [0.1, 0.15) is 11.4 Å². The van der Waals surface area contributed by atoms with E-state index in [0.717, 1.165) is 29.7 Å². The van der Waals surface area contributed by atoms with Crippen molar-refractivity contribution >= 4 is 17.5 Å². The third-order valence-corrected chi connectivity index (χ3v) is 9.07. The molecule has 6 rings (SSSR count). The molecule has 0 radical (unpaired) electrons. The Bertz CT molecular complexity index is 1490. The van der Waals surface area contributed by atoms with Crippen LogP contribution in [0.4, 0.5) is 10.1 Å². The minimum atomic E-state index is -0.984. The number of aliphatic hydroxyl groups is 1. The van der Waals surface area contributed by atoms with Crippen molar-refractivity contribution in [1.29, 1.82) is 0 Å². The zero-order valence-electron chi connectivity index (χ0n) is 25.1. The van der Waals surface area contributed by atoms with Crippen LogP contribution >= 0.6 is 0 Å². The second-order valence-electron chi connectivity index (χ2n) is 12.1. The van der Waals surface area contributed by atoms with Gasteiger partial charge in [0.05, 0.1) is 36.6 Å². The largest absolute Gasteiger partial charge is 0.484 e. The summed E-state index contributed by atoms with van der Waals surface area (Å²) in [7, 11) is 0. The maximum atomic E-state index is 15.6. The fraction of sp³-hybridized carbons (Fsp3) is 0.429. The Hall–Kier alpha value is -3.79. The molecule has 44 heavy (non-hydrogen) atoms. The summed E-state index contributed by atoms with van der Waals surface area (Å²) in [5, 5.41) is 18.0. The number of fused-ring (bicyclic) bond motifs is 1. The van der Waals surface area contributed by atoms with Crippen molar-refractivity contribution in [3.8, 4) is 5.75 Å². The minimum absolute atomic E-state index is 0.0817. The van der Waals surface area contributed by atoms with Gasteiger partial charge in [0.25, 0.3) is 5.91 Å². The summed E-state index contributed by atoms with van der Waals surface area (Å²) in [5.74, 6) is -0.702. The topological polar surface area (TPSA) is 100 Å². The van der Waals surface area contributed by atoms with Crippen LogP contribution in [0, 0.1) is 5.82 Å². The van der Waals surface area contributed by atoms with E-state index >= 15 is 4.39 Å². The summed E-state index contributed by atoms with van der Waals surface area (Å²) in [6.45, 7) is 3.89. The predicted octanol–water partition coefficient (Wildman–Crippen LogP) is 4.49. The molecule has 3 aromatic rings. The summed E-state index contributed by atoms with van der Waals surface area (Å²) in [6, 6.07) is 19.6. The molecule has 3 aromatic carbocycles. The number of nitrogens with zero attached hydrogens (tertiary/aromatic N) is 1. The number of ether oxygens (including phenoxy) is 2. The summed E-state index contributed by atoms with van der Waals surface area (Å²) in [6.07, 6.45) is 2.77. The summed E-state index contributed by atoms with van der Waals surface area (Å²) in [4.78, 5) is 27.2. The summed E-state index contributed by atoms with van der Waals surface area (Å²) in [5.41, 5.74) is 2.71. The Balaban J connectivity index is 1.21. The highest BCUT2D eigenvalue weighted by Gasteiger charge is 2.44. The van der Waals surface area contributed by atoms with Crippen LogP contribution in [-0.4, -0.2) is 61.0 Å². The molecule has 3 heterocycles. The minimum Gasteiger partial charge on any atom is -0.484 e. The molecule has 2 saturated heterocycles. The van der Waals surface area contributed by atoms with Gasteiger partial charge in [0.2, 0.25) is 5.91 Å². The van der Waals surface area contributed by atoms with Crippen LogP contribution in [0.1, 0.15) is 65.7 Å². The van der Waals surface area contributed by atoms with Crippen molar-refractivity contribution < 1.29 is 28.6 Å². The van der Waals surface area contributed by atoms with E-state index in [-0.39, 0.29) is 29.7 Å². The van der Waals surface area contributed by atoms with Crippen LogP contribution in [0.15, 0.2) is 66.7 Å². The van der Waals surface area contributed by atoms with Crippen LogP contribution in [0.5, 0.6) is 5.75 Å². The number of carbonyl (C=O) groups is 2. The molecule has 0 aliphatic carbocycles. The quantitative estimate of drug-likeness (QED) is 0.317. The van der Waals surface area contributed by atoms with E-state index in [9.17, 15) is 14.7 Å². The third-order valence-electron chi connectivity index (χ3n) is 9.07. The molecule has 3 N–H and O–H groups in total. The van der Waals surface area contributed by atoms with Crippen molar-refractivity contribution in [2.24, 2.45) is 0 Å². The number of amides is 2. The SMILES string of the molecule is CCc1ccc2c(c1)[C@@H](NC[C@@H](O)[C@H](Cc1ccccc1)NC(=O)c1cccc(N3CCCC3=O)c1F)C[C@]1(CCOC1)O2. The van der Waals surface area contributed by atoms with Gasteiger partial charge < -0.3 is 30.1 Å². The lowest BCUT2D eigenvalue weighted by molar-refractivity contribution is -0.117. The number of aliphatic hydroxyl groups excluding tert-OH is 1. The number of anilines is 1. The van der Waals surface area contributed by atoms with Gasteiger partial charge in [-0.25, -0.2) is 4.39 Å². The van der Waals surface area contributed by atoms with E-state index < -0.39 is 29.5 Å². The highest BCUT2D eigenvalue weighted by Crippen LogP contribution is 2.43. The molecule has 1 spiro atoms. The van der Waals surface area contributed by atoms with Crippen LogP contribution in [0.3, 0.4) is 0 Å². The van der Waals surface area contributed by atoms with Crippen molar-refractivity contribution in [2.45, 2.75) is 69.2 Å². The first kappa shape index (κ1) is 30.2. The number of halogens is 1. The second kappa shape index (κ2) is 13.1. The maximum absolute atomic E-state index is 15.6. The third kappa shape index (κ3) is 6.36. The Morgan fingerprint density at radius 2 is 1.98 bits per heavy atom. The number of benzene rings is 3. The molecule has 0 bridgehead atoms. The number of hydrogen-bond acceptors (Lipinski definition) is 6. The Labute approximate surface area is 257 Å². The first-order valence-corrected chi connectivity index (χ1v) is 15.6. The fourth-order valence-corrected chi connectivity index (χ4v) is 6.56. The van der Waals surface area contributed by atoms with Gasteiger partial charge >= 0.3 is 0 Å². The Morgan fingerprint density at radius 1 is 1.14 bits per heavy atom. The number of hydrogen-bond donors (Lipinski definition) is 3. The molecule has 0 saturated carbocycles. The number of rotatable bonds is 10. The van der Waals surface area contributed by atoms with E-state index in [1.165, 1.54) is 22.6 Å². The van der Waals surface area contributed by atoms with Crippen LogP contribution in [0.25, 0.3) is 0 Å². The van der Waals surface area contributed by atoms with Crippen LogP contribution in [0.2, 0.25) is 0 Å². The molecule has 2 fully saturated rings. The molecular formula is C35H40FN3O5. The molecule has 9 heteroatoms. The van der Waals surface area contributed by atoms with Gasteiger partial charge in [-0.2, -0.15) is 0 Å².